The molecular formula is C22H23ClFN3O2. The van der Waals surface area contributed by atoms with E-state index in [1.807, 2.05) is 12.1 Å². The van der Waals surface area contributed by atoms with Crippen LogP contribution in [0.3, 0.4) is 0 Å². The number of nitrogens with zero attached hydrogens (tertiary/aromatic N) is 2. The summed E-state index contributed by atoms with van der Waals surface area (Å²) in [5.74, 6) is -0.397. The average molecular weight is 416 g/mol. The van der Waals surface area contributed by atoms with E-state index in [4.69, 9.17) is 17.3 Å². The van der Waals surface area contributed by atoms with E-state index >= 15 is 0 Å². The summed E-state index contributed by atoms with van der Waals surface area (Å²) in [6, 6.07) is 13.4. The number of aryl methyl sites for hydroxylation is 1. The molecule has 1 aliphatic heterocycles. The van der Waals surface area contributed by atoms with Crippen LogP contribution < -0.4 is 5.73 Å². The van der Waals surface area contributed by atoms with Gasteiger partial charge < -0.3 is 5.73 Å². The van der Waals surface area contributed by atoms with Crippen LogP contribution in [0.25, 0.3) is 0 Å². The Hall–Kier alpha value is -2.73. The van der Waals surface area contributed by atoms with Gasteiger partial charge >= 0.3 is 0 Å². The Morgan fingerprint density at radius 3 is 2.62 bits per heavy atom. The molecule has 0 bridgehead atoms. The first-order valence-electron chi connectivity index (χ1n) is 9.45. The van der Waals surface area contributed by atoms with Gasteiger partial charge in [0.15, 0.2) is 5.96 Å². The van der Waals surface area contributed by atoms with Crippen molar-refractivity contribution in [1.29, 1.82) is 0 Å². The largest absolute Gasteiger partial charge is 0.369 e. The maximum atomic E-state index is 13.2. The number of rotatable bonds is 8. The van der Waals surface area contributed by atoms with E-state index in [9.17, 15) is 14.0 Å². The standard InChI is InChI=1S/C22H23ClFN3O2/c1-22(11-10-19(28)9-8-15-4-3-7-18(24)13-15)20(29)27(21(25)26-22)14-16-5-2-6-17(23)12-16/h2-7,12-13H,8-11,14H2,1H3,(H2,25,26). The molecule has 7 heteroatoms. The number of ketones is 1. The number of guanidine groups is 1. The summed E-state index contributed by atoms with van der Waals surface area (Å²) in [4.78, 5) is 30.9. The molecular weight excluding hydrogens is 393 g/mol. The van der Waals surface area contributed by atoms with Crippen LogP contribution in [0.2, 0.25) is 5.02 Å². The van der Waals surface area contributed by atoms with Gasteiger partial charge in [0.1, 0.15) is 17.1 Å². The summed E-state index contributed by atoms with van der Waals surface area (Å²) in [5, 5.41) is 0.580. The molecule has 0 aromatic heterocycles. The van der Waals surface area contributed by atoms with Crippen molar-refractivity contribution in [3.8, 4) is 0 Å². The Labute approximate surface area is 174 Å². The molecule has 2 aromatic rings. The van der Waals surface area contributed by atoms with Crippen molar-refractivity contribution in [2.24, 2.45) is 10.7 Å². The van der Waals surface area contributed by atoms with E-state index in [2.05, 4.69) is 4.99 Å². The van der Waals surface area contributed by atoms with E-state index in [-0.39, 0.29) is 42.9 Å². The lowest BCUT2D eigenvalue weighted by Crippen LogP contribution is -2.42. The van der Waals surface area contributed by atoms with Crippen LogP contribution >= 0.6 is 11.6 Å². The molecule has 0 radical (unpaired) electrons. The fourth-order valence-corrected chi connectivity index (χ4v) is 3.59. The van der Waals surface area contributed by atoms with Gasteiger partial charge in [-0.15, -0.1) is 0 Å². The Morgan fingerprint density at radius 1 is 1.17 bits per heavy atom. The summed E-state index contributed by atoms with van der Waals surface area (Å²) < 4.78 is 13.2. The second-order valence-electron chi connectivity index (χ2n) is 7.43. The molecule has 0 spiro atoms. The normalized spacial score (nSPS) is 18.8. The molecule has 0 saturated carbocycles. The molecule has 1 atom stereocenters. The zero-order valence-corrected chi connectivity index (χ0v) is 17.0. The number of aliphatic imine (C=N–C) groups is 1. The van der Waals surface area contributed by atoms with Crippen LogP contribution in [0.5, 0.6) is 0 Å². The number of halogens is 2. The van der Waals surface area contributed by atoms with Crippen LogP contribution in [-0.2, 0) is 22.6 Å². The van der Waals surface area contributed by atoms with E-state index in [1.54, 1.807) is 31.2 Å². The number of Topliss-reactive ketones (excluding diaryl/α,β-unsaturated/α-hetero) is 1. The maximum absolute atomic E-state index is 13.2. The van der Waals surface area contributed by atoms with Crippen LogP contribution in [0, 0.1) is 5.82 Å². The second kappa shape index (κ2) is 8.74. The minimum atomic E-state index is -1.06. The van der Waals surface area contributed by atoms with Crippen molar-refractivity contribution in [1.82, 2.24) is 4.90 Å². The van der Waals surface area contributed by atoms with E-state index in [0.29, 0.717) is 17.9 Å². The summed E-state index contributed by atoms with van der Waals surface area (Å²) in [7, 11) is 0. The van der Waals surface area contributed by atoms with Gasteiger partial charge in [0.2, 0.25) is 0 Å². The smallest absolute Gasteiger partial charge is 0.257 e. The summed E-state index contributed by atoms with van der Waals surface area (Å²) >= 11 is 6.00. The SMILES string of the molecule is CC1(CCC(=O)CCc2cccc(F)c2)N=C(N)N(Cc2cccc(Cl)c2)C1=O. The zero-order chi connectivity index (χ0) is 21.0. The summed E-state index contributed by atoms with van der Waals surface area (Å²) in [5.41, 5.74) is 6.55. The van der Waals surface area contributed by atoms with Crippen molar-refractivity contribution in [3.63, 3.8) is 0 Å². The quantitative estimate of drug-likeness (QED) is 0.710. The zero-order valence-electron chi connectivity index (χ0n) is 16.2. The Bertz CT molecular complexity index is 963. The number of amides is 1. The summed E-state index contributed by atoms with van der Waals surface area (Å²) in [6.07, 6.45) is 1.24. The monoisotopic (exact) mass is 415 g/mol. The maximum Gasteiger partial charge on any atom is 0.257 e. The van der Waals surface area contributed by atoms with E-state index < -0.39 is 5.54 Å². The fraction of sp³-hybridized carbons (Fsp3) is 0.318. The van der Waals surface area contributed by atoms with Gasteiger partial charge in [-0.05, 0) is 55.2 Å². The molecule has 5 nitrogen and oxygen atoms in total. The van der Waals surface area contributed by atoms with Crippen LogP contribution in [0.4, 0.5) is 4.39 Å². The Morgan fingerprint density at radius 2 is 1.90 bits per heavy atom. The Kier molecular flexibility index (Phi) is 6.33. The van der Waals surface area contributed by atoms with Crippen molar-refractivity contribution >= 4 is 29.3 Å². The molecule has 1 unspecified atom stereocenters. The minimum Gasteiger partial charge on any atom is -0.369 e. The molecule has 2 N–H and O–H groups in total. The molecule has 2 aromatic carbocycles. The third-order valence-corrected chi connectivity index (χ3v) is 5.28. The van der Waals surface area contributed by atoms with Gasteiger partial charge in [0.05, 0.1) is 6.54 Å². The second-order valence-corrected chi connectivity index (χ2v) is 7.87. The third-order valence-electron chi connectivity index (χ3n) is 5.05. The molecule has 0 fully saturated rings. The first kappa shape index (κ1) is 21.0. The molecule has 1 heterocycles. The molecule has 0 saturated heterocycles. The van der Waals surface area contributed by atoms with Gasteiger partial charge in [0.25, 0.3) is 5.91 Å². The minimum absolute atomic E-state index is 0.00495. The number of hydrogen-bond acceptors (Lipinski definition) is 4. The average Bonchev–Trinajstić information content (AvgIpc) is 2.88. The van der Waals surface area contributed by atoms with Gasteiger partial charge in [-0.3, -0.25) is 14.5 Å². The lowest BCUT2D eigenvalue weighted by atomic mass is 9.93. The highest BCUT2D eigenvalue weighted by Gasteiger charge is 2.43. The predicted molar refractivity (Wildman–Crippen MR) is 111 cm³/mol. The molecule has 0 aliphatic carbocycles. The van der Waals surface area contributed by atoms with Crippen molar-refractivity contribution in [3.05, 3.63) is 70.5 Å². The first-order chi connectivity index (χ1) is 13.8. The van der Waals surface area contributed by atoms with Crippen molar-refractivity contribution in [2.75, 3.05) is 0 Å². The third kappa shape index (κ3) is 5.21. The summed E-state index contributed by atoms with van der Waals surface area (Å²) in [6.45, 7) is 1.97. The lowest BCUT2D eigenvalue weighted by Gasteiger charge is -2.22. The highest BCUT2D eigenvalue weighted by atomic mass is 35.5. The topological polar surface area (TPSA) is 75.8 Å². The fourth-order valence-electron chi connectivity index (χ4n) is 3.37. The molecule has 29 heavy (non-hydrogen) atoms. The molecule has 1 aliphatic rings. The number of nitrogens with two attached hydrogens (primary N) is 1. The van der Waals surface area contributed by atoms with Gasteiger partial charge in [0, 0.05) is 17.9 Å². The van der Waals surface area contributed by atoms with Crippen LogP contribution in [0.1, 0.15) is 37.3 Å². The molecule has 152 valence electrons. The van der Waals surface area contributed by atoms with E-state index in [0.717, 1.165) is 11.1 Å². The van der Waals surface area contributed by atoms with Crippen LogP contribution in [-0.4, -0.2) is 28.1 Å². The lowest BCUT2D eigenvalue weighted by molar-refractivity contribution is -0.131. The van der Waals surface area contributed by atoms with Gasteiger partial charge in [-0.25, -0.2) is 9.38 Å². The number of hydrogen-bond donors (Lipinski definition) is 1. The van der Waals surface area contributed by atoms with Crippen molar-refractivity contribution in [2.45, 2.75) is 44.7 Å². The number of benzene rings is 2. The number of carbonyl (C=O) groups is 2. The van der Waals surface area contributed by atoms with Gasteiger partial charge in [-0.1, -0.05) is 35.9 Å². The van der Waals surface area contributed by atoms with E-state index in [1.165, 1.54) is 17.0 Å². The Balaban J connectivity index is 1.56. The molecule has 1 amide bonds. The number of carbonyl (C=O) groups excluding carboxylic acids is 2. The van der Waals surface area contributed by atoms with Gasteiger partial charge in [-0.2, -0.15) is 0 Å². The molecule has 3 rings (SSSR count). The highest BCUT2D eigenvalue weighted by molar-refractivity contribution is 6.30. The highest BCUT2D eigenvalue weighted by Crippen LogP contribution is 2.28. The van der Waals surface area contributed by atoms with Crippen LogP contribution in [0.15, 0.2) is 53.5 Å². The first-order valence-corrected chi connectivity index (χ1v) is 9.82. The predicted octanol–water partition coefficient (Wildman–Crippen LogP) is 3.88. The van der Waals surface area contributed by atoms with Crippen molar-refractivity contribution < 1.29 is 14.0 Å².